The van der Waals surface area contributed by atoms with Crippen LogP contribution in [0.2, 0.25) is 0 Å². The third-order valence-corrected chi connectivity index (χ3v) is 8.09. The molecule has 0 aliphatic heterocycles. The van der Waals surface area contributed by atoms with Crippen LogP contribution in [0.3, 0.4) is 0 Å². The molecule has 0 unspecified atom stereocenters. The molecule has 0 rings (SSSR count). The minimum atomic E-state index is -1.17. The first kappa shape index (κ1) is 39.9. The Bertz CT molecular complexity index is 937. The largest absolute Gasteiger partial charge is 0.480 e. The van der Waals surface area contributed by atoms with Crippen molar-refractivity contribution in [1.29, 1.82) is 5.41 Å². The second kappa shape index (κ2) is 20.8. The molecule has 43 heavy (non-hydrogen) atoms. The maximum absolute atomic E-state index is 13.4. The van der Waals surface area contributed by atoms with Crippen LogP contribution in [0.4, 0.5) is 0 Å². The number of hydrogen-bond donors (Lipinski definition) is 9. The molecule has 4 amide bonds. The number of guanidine groups is 1. The van der Waals surface area contributed by atoms with Gasteiger partial charge in [-0.2, -0.15) is 11.8 Å². The number of thioether (sulfide) groups is 1. The number of nitrogens with one attached hydrogen (secondary N) is 6. The highest BCUT2D eigenvalue weighted by Gasteiger charge is 2.34. The normalized spacial score (nSPS) is 16.0. The van der Waals surface area contributed by atoms with Gasteiger partial charge in [-0.3, -0.25) is 24.6 Å². The first-order valence-electron chi connectivity index (χ1n) is 14.9. The number of amides is 4. The van der Waals surface area contributed by atoms with Crippen LogP contribution in [-0.2, 0) is 24.0 Å². The third kappa shape index (κ3) is 14.8. The predicted octanol–water partition coefficient (Wildman–Crippen LogP) is 0.102. The van der Waals surface area contributed by atoms with E-state index in [0.717, 1.165) is 0 Å². The van der Waals surface area contributed by atoms with Gasteiger partial charge in [-0.1, -0.05) is 54.4 Å². The van der Waals surface area contributed by atoms with Gasteiger partial charge >= 0.3 is 5.97 Å². The molecule has 0 radical (unpaired) electrons. The zero-order valence-corrected chi connectivity index (χ0v) is 27.4. The van der Waals surface area contributed by atoms with Crippen molar-refractivity contribution >= 4 is 47.3 Å². The van der Waals surface area contributed by atoms with E-state index >= 15 is 0 Å². The van der Waals surface area contributed by atoms with E-state index in [-0.39, 0.29) is 36.6 Å². The fraction of sp³-hybridized carbons (Fsp3) is 0.786. The Labute approximate surface area is 259 Å². The lowest BCUT2D eigenvalue weighted by Crippen LogP contribution is -2.60. The lowest BCUT2D eigenvalue weighted by Gasteiger charge is -2.29. The second-order valence-electron chi connectivity index (χ2n) is 11.2. The highest BCUT2D eigenvalue weighted by Crippen LogP contribution is 2.12. The average Bonchev–Trinajstić information content (AvgIpc) is 2.95. The molecule has 0 aromatic rings. The van der Waals surface area contributed by atoms with Crippen LogP contribution in [0.15, 0.2) is 0 Å². The van der Waals surface area contributed by atoms with Gasteiger partial charge in [0.15, 0.2) is 5.96 Å². The Kier molecular flexibility index (Phi) is 19.3. The summed E-state index contributed by atoms with van der Waals surface area (Å²) >= 11 is 1.47. The Morgan fingerprint density at radius 2 is 1.30 bits per heavy atom. The number of hydrogen-bond acceptors (Lipinski definition) is 8. The summed E-state index contributed by atoms with van der Waals surface area (Å²) in [6.45, 7) is 11.0. The summed E-state index contributed by atoms with van der Waals surface area (Å²) in [5, 5.41) is 30.2. The lowest BCUT2D eigenvalue weighted by atomic mass is 9.97. The smallest absolute Gasteiger partial charge is 0.326 e. The number of carboxylic acids is 1. The van der Waals surface area contributed by atoms with Crippen LogP contribution in [0, 0.1) is 23.2 Å². The predicted molar refractivity (Wildman–Crippen MR) is 169 cm³/mol. The van der Waals surface area contributed by atoms with Crippen LogP contribution in [0.5, 0.6) is 0 Å². The number of carboxylic acid groups (broad SMARTS) is 1. The molecule has 0 aromatic carbocycles. The SMILES string of the molecule is CC[C@H](C)[C@H](N)C(=O)N[C@@H](CCCNC(=N)N)C(=O)N[C@@H](CCSC)C(=O)N[C@H](C(=O)N[C@H](C(=O)O)[C@@H](C)CC)C(C)C. The highest BCUT2D eigenvalue weighted by molar-refractivity contribution is 7.98. The topological polar surface area (TPSA) is 242 Å². The van der Waals surface area contributed by atoms with E-state index in [2.05, 4.69) is 26.6 Å². The van der Waals surface area contributed by atoms with E-state index in [1.165, 1.54) is 11.8 Å². The van der Waals surface area contributed by atoms with E-state index in [4.69, 9.17) is 16.9 Å². The van der Waals surface area contributed by atoms with Crippen LogP contribution < -0.4 is 38.1 Å². The number of nitrogens with two attached hydrogens (primary N) is 2. The summed E-state index contributed by atoms with van der Waals surface area (Å²) < 4.78 is 0. The number of rotatable bonds is 21. The van der Waals surface area contributed by atoms with Crippen LogP contribution >= 0.6 is 11.8 Å². The Balaban J connectivity index is 5.89. The Morgan fingerprint density at radius 1 is 0.791 bits per heavy atom. The van der Waals surface area contributed by atoms with Gasteiger partial charge in [-0.15, -0.1) is 0 Å². The molecular formula is C28H54N8O6S. The lowest BCUT2D eigenvalue weighted by molar-refractivity contribution is -0.144. The minimum absolute atomic E-state index is 0.122. The summed E-state index contributed by atoms with van der Waals surface area (Å²) in [7, 11) is 0. The third-order valence-electron chi connectivity index (χ3n) is 7.45. The van der Waals surface area contributed by atoms with Crippen molar-refractivity contribution in [1.82, 2.24) is 26.6 Å². The van der Waals surface area contributed by atoms with Crippen molar-refractivity contribution in [3.05, 3.63) is 0 Å². The number of carbonyl (C=O) groups is 5. The molecule has 15 heteroatoms. The molecule has 0 spiro atoms. The average molecular weight is 631 g/mol. The van der Waals surface area contributed by atoms with Crippen molar-refractivity contribution in [2.75, 3.05) is 18.6 Å². The Hall–Kier alpha value is -3.07. The monoisotopic (exact) mass is 630 g/mol. The molecule has 0 heterocycles. The van der Waals surface area contributed by atoms with E-state index in [1.54, 1.807) is 20.8 Å². The number of aliphatic carboxylic acids is 1. The molecule has 0 aliphatic rings. The van der Waals surface area contributed by atoms with Gasteiger partial charge in [0.25, 0.3) is 0 Å². The first-order chi connectivity index (χ1) is 20.1. The Morgan fingerprint density at radius 3 is 1.79 bits per heavy atom. The van der Waals surface area contributed by atoms with E-state index < -0.39 is 59.8 Å². The van der Waals surface area contributed by atoms with Crippen LogP contribution in [0.1, 0.15) is 73.6 Å². The van der Waals surface area contributed by atoms with E-state index in [9.17, 15) is 29.1 Å². The summed E-state index contributed by atoms with van der Waals surface area (Å²) in [5.74, 6) is -4.03. The molecule has 0 aliphatic carbocycles. The molecule has 11 N–H and O–H groups in total. The molecule has 248 valence electrons. The number of carbonyl (C=O) groups excluding carboxylic acids is 4. The molecule has 14 nitrogen and oxygen atoms in total. The first-order valence-corrected chi connectivity index (χ1v) is 16.3. The van der Waals surface area contributed by atoms with Gasteiger partial charge in [-0.05, 0) is 49.0 Å². The van der Waals surface area contributed by atoms with Crippen LogP contribution in [0.25, 0.3) is 0 Å². The van der Waals surface area contributed by atoms with Crippen molar-refractivity contribution in [3.8, 4) is 0 Å². The van der Waals surface area contributed by atoms with Gasteiger partial charge in [0, 0.05) is 6.54 Å². The molecule has 0 bridgehead atoms. The maximum atomic E-state index is 13.4. The fourth-order valence-electron chi connectivity index (χ4n) is 4.07. The van der Waals surface area contributed by atoms with Crippen molar-refractivity contribution in [2.45, 2.75) is 104 Å². The van der Waals surface area contributed by atoms with Crippen molar-refractivity contribution in [2.24, 2.45) is 29.2 Å². The van der Waals surface area contributed by atoms with E-state index in [0.29, 0.717) is 31.6 Å². The van der Waals surface area contributed by atoms with Gasteiger partial charge in [0.05, 0.1) is 6.04 Å². The summed E-state index contributed by atoms with van der Waals surface area (Å²) in [6.07, 6.45) is 3.86. The van der Waals surface area contributed by atoms with Crippen molar-refractivity contribution in [3.63, 3.8) is 0 Å². The minimum Gasteiger partial charge on any atom is -0.480 e. The maximum Gasteiger partial charge on any atom is 0.326 e. The quantitative estimate of drug-likeness (QED) is 0.0470. The summed E-state index contributed by atoms with van der Waals surface area (Å²) in [5.41, 5.74) is 11.4. The summed E-state index contributed by atoms with van der Waals surface area (Å²) in [4.78, 5) is 64.6. The van der Waals surface area contributed by atoms with Crippen LogP contribution in [-0.4, -0.2) is 89.4 Å². The van der Waals surface area contributed by atoms with Gasteiger partial charge in [0.1, 0.15) is 24.2 Å². The second-order valence-corrected chi connectivity index (χ2v) is 12.2. The molecule has 7 atom stereocenters. The molecule has 0 saturated carbocycles. The molecular weight excluding hydrogens is 576 g/mol. The van der Waals surface area contributed by atoms with Gasteiger partial charge < -0.3 is 43.2 Å². The molecule has 0 aromatic heterocycles. The highest BCUT2D eigenvalue weighted by atomic mass is 32.2. The van der Waals surface area contributed by atoms with E-state index in [1.807, 2.05) is 27.0 Å². The van der Waals surface area contributed by atoms with Gasteiger partial charge in [-0.25, -0.2) is 4.79 Å². The van der Waals surface area contributed by atoms with Gasteiger partial charge in [0.2, 0.25) is 23.6 Å². The zero-order valence-electron chi connectivity index (χ0n) is 26.6. The van der Waals surface area contributed by atoms with Crippen molar-refractivity contribution < 1.29 is 29.1 Å². The standard InChI is InChI=1S/C28H54N8O6S/c1-8-16(5)20(29)25(39)34-18(11-10-13-32-28(30)31)23(37)33-19(12-14-43-7)24(38)35-21(15(3)4)26(40)36-22(27(41)42)17(6)9-2/h15-22H,8-14,29H2,1-7H3,(H,33,37)(H,34,39)(H,35,38)(H,36,40)(H,41,42)(H4,30,31,32)/t16-,17-,18-,19-,20-,21-,22-/m0/s1. The molecule has 0 saturated heterocycles. The zero-order chi connectivity index (χ0) is 33.3. The molecule has 0 fully saturated rings. The fourth-order valence-corrected chi connectivity index (χ4v) is 4.54. The summed E-state index contributed by atoms with van der Waals surface area (Å²) in [6, 6.07) is -5.05.